The average molecular weight is 325 g/mol. The van der Waals surface area contributed by atoms with Gasteiger partial charge < -0.3 is 20.1 Å². The van der Waals surface area contributed by atoms with Crippen molar-refractivity contribution in [1.29, 1.82) is 0 Å². The largest absolute Gasteiger partial charge is 0.394 e. The lowest BCUT2D eigenvalue weighted by atomic mass is 10.1. The van der Waals surface area contributed by atoms with Crippen LogP contribution in [-0.2, 0) is 4.74 Å². The van der Waals surface area contributed by atoms with E-state index in [2.05, 4.69) is 15.3 Å². The third-order valence-corrected chi connectivity index (χ3v) is 3.60. The SMILES string of the molecule is Cc1cn(-c2cn([C@@H]3O[C@H](CO)C(O)C3O)c(=O)[nH]c2=O)nn1. The molecule has 0 bridgehead atoms. The van der Waals surface area contributed by atoms with Gasteiger partial charge in [-0.15, -0.1) is 5.10 Å². The highest BCUT2D eigenvalue weighted by molar-refractivity contribution is 5.24. The number of nitrogens with one attached hydrogen (secondary N) is 1. The molecule has 0 aliphatic carbocycles. The molecule has 23 heavy (non-hydrogen) atoms. The third kappa shape index (κ3) is 2.59. The molecule has 4 N–H and O–H groups in total. The summed E-state index contributed by atoms with van der Waals surface area (Å²) >= 11 is 0. The molecule has 0 amide bonds. The summed E-state index contributed by atoms with van der Waals surface area (Å²) in [5.74, 6) is 0. The first-order valence-corrected chi connectivity index (χ1v) is 6.79. The fourth-order valence-electron chi connectivity index (χ4n) is 2.40. The highest BCUT2D eigenvalue weighted by Gasteiger charge is 2.43. The fraction of sp³-hybridized carbons (Fsp3) is 0.500. The Labute approximate surface area is 128 Å². The molecule has 1 saturated heterocycles. The maximum atomic E-state index is 12.0. The van der Waals surface area contributed by atoms with E-state index in [-0.39, 0.29) is 5.69 Å². The molecule has 11 nitrogen and oxygen atoms in total. The number of H-pyrrole nitrogens is 1. The van der Waals surface area contributed by atoms with Crippen molar-refractivity contribution in [3.63, 3.8) is 0 Å². The summed E-state index contributed by atoms with van der Waals surface area (Å²) in [4.78, 5) is 26.0. The van der Waals surface area contributed by atoms with Crippen LogP contribution in [0.15, 0.2) is 22.0 Å². The van der Waals surface area contributed by atoms with E-state index in [4.69, 9.17) is 9.84 Å². The van der Waals surface area contributed by atoms with Crippen LogP contribution in [0.3, 0.4) is 0 Å². The summed E-state index contributed by atoms with van der Waals surface area (Å²) in [6, 6.07) is 0. The van der Waals surface area contributed by atoms with E-state index in [0.29, 0.717) is 5.69 Å². The van der Waals surface area contributed by atoms with Crippen molar-refractivity contribution in [2.24, 2.45) is 0 Å². The standard InChI is InChI=1S/C12H15N5O6/c1-5-2-17(15-14-5)6-3-16(12(22)13-10(6)21)11-9(20)8(19)7(4-18)23-11/h2-3,7-9,11,18-20H,4H2,1H3,(H,13,21,22)/t7-,8?,9?,11-/m1/s1. The predicted octanol–water partition coefficient (Wildman–Crippen LogP) is -2.96. The van der Waals surface area contributed by atoms with E-state index in [1.807, 2.05) is 0 Å². The van der Waals surface area contributed by atoms with E-state index in [1.165, 1.54) is 10.9 Å². The summed E-state index contributed by atoms with van der Waals surface area (Å²) < 4.78 is 7.38. The Morgan fingerprint density at radius 3 is 2.61 bits per heavy atom. The number of aromatic amines is 1. The van der Waals surface area contributed by atoms with Crippen LogP contribution in [0.25, 0.3) is 5.69 Å². The number of aromatic nitrogens is 5. The van der Waals surface area contributed by atoms with Crippen LogP contribution in [-0.4, -0.2) is 64.8 Å². The molecular formula is C12H15N5O6. The van der Waals surface area contributed by atoms with Crippen molar-refractivity contribution >= 4 is 0 Å². The molecule has 2 aromatic rings. The summed E-state index contributed by atoms with van der Waals surface area (Å²) in [5.41, 5.74) is -0.966. The third-order valence-electron chi connectivity index (χ3n) is 3.60. The number of aryl methyl sites for hydroxylation is 1. The molecule has 2 aromatic heterocycles. The smallest absolute Gasteiger partial charge is 0.330 e. The summed E-state index contributed by atoms with van der Waals surface area (Å²) in [7, 11) is 0. The highest BCUT2D eigenvalue weighted by atomic mass is 16.6. The van der Waals surface area contributed by atoms with Crippen LogP contribution in [0.5, 0.6) is 0 Å². The molecule has 3 rings (SSSR count). The maximum Gasteiger partial charge on any atom is 0.330 e. The lowest BCUT2D eigenvalue weighted by Gasteiger charge is -2.17. The number of hydrogen-bond donors (Lipinski definition) is 4. The minimum absolute atomic E-state index is 0.0112. The Bertz CT molecular complexity index is 826. The van der Waals surface area contributed by atoms with Crippen LogP contribution in [0, 0.1) is 6.92 Å². The number of hydrogen-bond acceptors (Lipinski definition) is 8. The minimum atomic E-state index is -1.44. The van der Waals surface area contributed by atoms with Crippen LogP contribution in [0.2, 0.25) is 0 Å². The zero-order chi connectivity index (χ0) is 16.7. The second-order valence-corrected chi connectivity index (χ2v) is 5.21. The first-order valence-electron chi connectivity index (χ1n) is 6.79. The molecule has 0 radical (unpaired) electrons. The quantitative estimate of drug-likeness (QED) is 0.466. The number of aliphatic hydroxyl groups is 3. The monoisotopic (exact) mass is 325 g/mol. The second kappa shape index (κ2) is 5.70. The average Bonchev–Trinajstić information content (AvgIpc) is 3.05. The zero-order valence-electron chi connectivity index (χ0n) is 12.0. The maximum absolute atomic E-state index is 12.0. The number of rotatable bonds is 3. The van der Waals surface area contributed by atoms with Gasteiger partial charge in [-0.25, -0.2) is 9.48 Å². The van der Waals surface area contributed by atoms with E-state index in [9.17, 15) is 19.8 Å². The van der Waals surface area contributed by atoms with Crippen LogP contribution in [0.1, 0.15) is 11.9 Å². The number of aliphatic hydroxyl groups excluding tert-OH is 3. The van der Waals surface area contributed by atoms with Gasteiger partial charge in [0.1, 0.15) is 24.0 Å². The van der Waals surface area contributed by atoms with Crippen molar-refractivity contribution in [3.05, 3.63) is 38.9 Å². The van der Waals surface area contributed by atoms with Gasteiger partial charge >= 0.3 is 5.69 Å². The van der Waals surface area contributed by atoms with Gasteiger partial charge in [-0.2, -0.15) is 0 Å². The molecule has 124 valence electrons. The zero-order valence-corrected chi connectivity index (χ0v) is 12.0. The van der Waals surface area contributed by atoms with Crippen molar-refractivity contribution < 1.29 is 20.1 Å². The first kappa shape index (κ1) is 15.6. The summed E-state index contributed by atoms with van der Waals surface area (Å²) in [5, 5.41) is 36.4. The van der Waals surface area contributed by atoms with E-state index in [0.717, 1.165) is 10.8 Å². The first-order chi connectivity index (χ1) is 10.9. The Morgan fingerprint density at radius 1 is 1.30 bits per heavy atom. The predicted molar refractivity (Wildman–Crippen MR) is 74.0 cm³/mol. The molecule has 1 fully saturated rings. The Kier molecular flexibility index (Phi) is 3.85. The Hall–Kier alpha value is -2.34. The second-order valence-electron chi connectivity index (χ2n) is 5.21. The molecule has 11 heteroatoms. The van der Waals surface area contributed by atoms with Crippen molar-refractivity contribution in [2.75, 3.05) is 6.61 Å². The van der Waals surface area contributed by atoms with Crippen molar-refractivity contribution in [3.8, 4) is 5.69 Å². The van der Waals surface area contributed by atoms with Crippen molar-refractivity contribution in [2.45, 2.75) is 31.5 Å². The van der Waals surface area contributed by atoms with Gasteiger partial charge in [0.2, 0.25) is 0 Å². The van der Waals surface area contributed by atoms with Gasteiger partial charge in [0, 0.05) is 6.20 Å². The molecule has 4 atom stereocenters. The highest BCUT2D eigenvalue weighted by Crippen LogP contribution is 2.28. The summed E-state index contributed by atoms with van der Waals surface area (Å²) in [6.07, 6.45) is -2.46. The van der Waals surface area contributed by atoms with E-state index < -0.39 is 42.4 Å². The molecule has 1 aliphatic heterocycles. The van der Waals surface area contributed by atoms with E-state index >= 15 is 0 Å². The Balaban J connectivity index is 2.07. The number of nitrogens with zero attached hydrogens (tertiary/aromatic N) is 4. The number of ether oxygens (including phenoxy) is 1. The van der Waals surface area contributed by atoms with Gasteiger partial charge in [0.25, 0.3) is 5.56 Å². The van der Waals surface area contributed by atoms with Gasteiger partial charge in [-0.3, -0.25) is 14.3 Å². The molecular weight excluding hydrogens is 310 g/mol. The van der Waals surface area contributed by atoms with E-state index in [1.54, 1.807) is 6.92 Å². The van der Waals surface area contributed by atoms with Gasteiger partial charge in [-0.1, -0.05) is 5.21 Å². The lowest BCUT2D eigenvalue weighted by Crippen LogP contribution is -2.39. The lowest BCUT2D eigenvalue weighted by molar-refractivity contribution is -0.0550. The fourth-order valence-corrected chi connectivity index (χ4v) is 2.40. The van der Waals surface area contributed by atoms with Gasteiger partial charge in [0.05, 0.1) is 18.5 Å². The summed E-state index contributed by atoms with van der Waals surface area (Å²) in [6.45, 7) is 1.15. The van der Waals surface area contributed by atoms with Crippen LogP contribution < -0.4 is 11.2 Å². The van der Waals surface area contributed by atoms with Gasteiger partial charge in [-0.05, 0) is 6.92 Å². The minimum Gasteiger partial charge on any atom is -0.394 e. The Morgan fingerprint density at radius 2 is 2.04 bits per heavy atom. The van der Waals surface area contributed by atoms with Crippen LogP contribution >= 0.6 is 0 Å². The molecule has 0 saturated carbocycles. The molecule has 1 aliphatic rings. The molecule has 0 spiro atoms. The van der Waals surface area contributed by atoms with Crippen LogP contribution in [0.4, 0.5) is 0 Å². The molecule has 3 heterocycles. The normalized spacial score (nSPS) is 27.5. The molecule has 2 unspecified atom stereocenters. The van der Waals surface area contributed by atoms with Crippen molar-refractivity contribution in [1.82, 2.24) is 24.5 Å². The molecule has 0 aromatic carbocycles. The topological polar surface area (TPSA) is 155 Å². The van der Waals surface area contributed by atoms with Gasteiger partial charge in [0.15, 0.2) is 6.23 Å².